The van der Waals surface area contributed by atoms with Gasteiger partial charge in [-0.05, 0) is 53.5 Å². The average Bonchev–Trinajstić information content (AvgIpc) is 2.96. The molecule has 2 aliphatic rings. The second-order valence-corrected chi connectivity index (χ2v) is 7.50. The minimum Gasteiger partial charge on any atom is -0.311 e. The quantitative estimate of drug-likeness (QED) is 0.914. The fraction of sp³-hybridized carbons (Fsp3) is 0.867. The maximum atomic E-state index is 4.33. The smallest absolute Gasteiger partial charge is 0.0967 e. The van der Waals surface area contributed by atoms with Gasteiger partial charge in [0.2, 0.25) is 0 Å². The molecule has 1 N–H and O–H groups in total. The first-order valence-electron chi connectivity index (χ1n) is 7.80. The molecule has 2 fully saturated rings. The van der Waals surface area contributed by atoms with E-state index in [4.69, 9.17) is 0 Å². The van der Waals surface area contributed by atoms with Crippen molar-refractivity contribution in [3.8, 4) is 0 Å². The summed E-state index contributed by atoms with van der Waals surface area (Å²) < 4.78 is 1.96. The molecule has 2 unspecified atom stereocenters. The summed E-state index contributed by atoms with van der Waals surface area (Å²) in [5, 5.41) is 12.3. The third-order valence-corrected chi connectivity index (χ3v) is 4.71. The van der Waals surface area contributed by atoms with Crippen LogP contribution >= 0.6 is 0 Å². The van der Waals surface area contributed by atoms with Gasteiger partial charge in [-0.15, -0.1) is 5.10 Å². The molecule has 0 aromatic carbocycles. The van der Waals surface area contributed by atoms with Crippen molar-refractivity contribution in [1.82, 2.24) is 25.2 Å². The molecule has 5 nitrogen and oxygen atoms in total. The zero-order valence-corrected chi connectivity index (χ0v) is 13.1. The molecule has 0 amide bonds. The molecule has 2 atom stereocenters. The van der Waals surface area contributed by atoms with Crippen LogP contribution in [-0.4, -0.2) is 45.1 Å². The van der Waals surface area contributed by atoms with Gasteiger partial charge in [0.25, 0.3) is 0 Å². The van der Waals surface area contributed by atoms with Gasteiger partial charge < -0.3 is 5.32 Å². The standard InChI is InChI=1S/C15H27N5/c1-15(2,3)20-10-13(17-18-20)9-19(4)14-7-11-5-6-12(8-14)16-11/h10-12,14,16H,5-9H2,1-4H3. The molecule has 112 valence electrons. The van der Waals surface area contributed by atoms with Crippen LogP contribution in [0.3, 0.4) is 0 Å². The van der Waals surface area contributed by atoms with E-state index >= 15 is 0 Å². The normalized spacial score (nSPS) is 30.1. The monoisotopic (exact) mass is 277 g/mol. The van der Waals surface area contributed by atoms with Crippen LogP contribution < -0.4 is 5.32 Å². The number of aromatic nitrogens is 3. The minimum absolute atomic E-state index is 0.0116. The Morgan fingerprint density at radius 1 is 1.30 bits per heavy atom. The second-order valence-electron chi connectivity index (χ2n) is 7.50. The summed E-state index contributed by atoms with van der Waals surface area (Å²) in [4.78, 5) is 2.46. The molecule has 3 rings (SSSR count). The molecule has 0 aliphatic carbocycles. The van der Waals surface area contributed by atoms with Gasteiger partial charge in [0.05, 0.1) is 17.4 Å². The van der Waals surface area contributed by atoms with Crippen molar-refractivity contribution in [2.45, 2.75) is 76.7 Å². The fourth-order valence-corrected chi connectivity index (χ4v) is 3.47. The number of nitrogens with one attached hydrogen (secondary N) is 1. The third kappa shape index (κ3) is 2.88. The van der Waals surface area contributed by atoms with Crippen molar-refractivity contribution in [3.05, 3.63) is 11.9 Å². The Hall–Kier alpha value is -0.940. The highest BCUT2D eigenvalue weighted by atomic mass is 15.4. The largest absolute Gasteiger partial charge is 0.311 e. The van der Waals surface area contributed by atoms with Gasteiger partial charge >= 0.3 is 0 Å². The first-order valence-corrected chi connectivity index (χ1v) is 7.80. The lowest BCUT2D eigenvalue weighted by atomic mass is 9.98. The molecule has 20 heavy (non-hydrogen) atoms. The highest BCUT2D eigenvalue weighted by Gasteiger charge is 2.35. The lowest BCUT2D eigenvalue weighted by molar-refractivity contribution is 0.164. The Labute approximate surface area is 121 Å². The van der Waals surface area contributed by atoms with Crippen molar-refractivity contribution in [2.75, 3.05) is 7.05 Å². The van der Waals surface area contributed by atoms with Crippen molar-refractivity contribution < 1.29 is 0 Å². The van der Waals surface area contributed by atoms with Crippen LogP contribution in [0.1, 0.15) is 52.1 Å². The SMILES string of the molecule is CN(Cc1cn(C(C)(C)C)nn1)C1CC2CCC(C1)N2. The van der Waals surface area contributed by atoms with Crippen molar-refractivity contribution >= 4 is 0 Å². The van der Waals surface area contributed by atoms with Crippen LogP contribution in [0.25, 0.3) is 0 Å². The molecule has 0 saturated carbocycles. The number of hydrogen-bond acceptors (Lipinski definition) is 4. The minimum atomic E-state index is 0.0116. The van der Waals surface area contributed by atoms with E-state index in [2.05, 4.69) is 54.5 Å². The molecule has 2 saturated heterocycles. The molecular formula is C15H27N5. The summed E-state index contributed by atoms with van der Waals surface area (Å²) in [6.45, 7) is 7.36. The number of rotatable bonds is 3. The summed E-state index contributed by atoms with van der Waals surface area (Å²) >= 11 is 0. The van der Waals surface area contributed by atoms with E-state index in [0.29, 0.717) is 6.04 Å². The van der Waals surface area contributed by atoms with Crippen LogP contribution in [0, 0.1) is 0 Å². The van der Waals surface area contributed by atoms with Crippen molar-refractivity contribution in [3.63, 3.8) is 0 Å². The lowest BCUT2D eigenvalue weighted by Crippen LogP contribution is -2.46. The Kier molecular flexibility index (Phi) is 3.58. The lowest BCUT2D eigenvalue weighted by Gasteiger charge is -2.35. The van der Waals surface area contributed by atoms with Crippen LogP contribution in [0.5, 0.6) is 0 Å². The van der Waals surface area contributed by atoms with Gasteiger partial charge in [0.1, 0.15) is 0 Å². The first-order chi connectivity index (χ1) is 9.41. The Morgan fingerprint density at radius 3 is 2.50 bits per heavy atom. The van der Waals surface area contributed by atoms with Gasteiger partial charge in [-0.25, -0.2) is 4.68 Å². The van der Waals surface area contributed by atoms with Crippen LogP contribution in [0.15, 0.2) is 6.20 Å². The zero-order valence-electron chi connectivity index (χ0n) is 13.1. The molecule has 0 radical (unpaired) electrons. The summed E-state index contributed by atoms with van der Waals surface area (Å²) in [6, 6.07) is 2.17. The maximum Gasteiger partial charge on any atom is 0.0967 e. The summed E-state index contributed by atoms with van der Waals surface area (Å²) in [7, 11) is 2.23. The molecule has 2 bridgehead atoms. The van der Waals surface area contributed by atoms with E-state index in [1.54, 1.807) is 0 Å². The predicted molar refractivity (Wildman–Crippen MR) is 79.5 cm³/mol. The van der Waals surface area contributed by atoms with E-state index in [9.17, 15) is 0 Å². The Bertz CT molecular complexity index is 449. The molecule has 3 heterocycles. The number of fused-ring (bicyclic) bond motifs is 2. The molecule has 5 heteroatoms. The fourth-order valence-electron chi connectivity index (χ4n) is 3.47. The Morgan fingerprint density at radius 2 is 1.95 bits per heavy atom. The molecular weight excluding hydrogens is 250 g/mol. The van der Waals surface area contributed by atoms with Gasteiger partial charge in [0.15, 0.2) is 0 Å². The van der Waals surface area contributed by atoms with E-state index in [1.165, 1.54) is 25.7 Å². The third-order valence-electron chi connectivity index (χ3n) is 4.71. The van der Waals surface area contributed by atoms with Gasteiger partial charge in [-0.2, -0.15) is 0 Å². The maximum absolute atomic E-state index is 4.33. The number of nitrogens with zero attached hydrogens (tertiary/aromatic N) is 4. The number of piperidine rings is 1. The average molecular weight is 277 g/mol. The zero-order chi connectivity index (χ0) is 14.3. The van der Waals surface area contributed by atoms with Crippen LogP contribution in [0.2, 0.25) is 0 Å². The highest BCUT2D eigenvalue weighted by Crippen LogP contribution is 2.29. The van der Waals surface area contributed by atoms with E-state index in [0.717, 1.165) is 24.3 Å². The van der Waals surface area contributed by atoms with E-state index in [-0.39, 0.29) is 5.54 Å². The second kappa shape index (κ2) is 5.11. The number of hydrogen-bond donors (Lipinski definition) is 1. The predicted octanol–water partition coefficient (Wildman–Crippen LogP) is 1.75. The summed E-state index contributed by atoms with van der Waals surface area (Å²) in [5.41, 5.74) is 1.09. The summed E-state index contributed by atoms with van der Waals surface area (Å²) in [6.07, 6.45) is 7.36. The molecule has 1 aromatic rings. The van der Waals surface area contributed by atoms with Crippen molar-refractivity contribution in [2.24, 2.45) is 0 Å². The molecule has 1 aromatic heterocycles. The van der Waals surface area contributed by atoms with Gasteiger partial charge in [-0.3, -0.25) is 4.90 Å². The highest BCUT2D eigenvalue weighted by molar-refractivity contribution is 4.99. The van der Waals surface area contributed by atoms with Crippen LogP contribution in [-0.2, 0) is 12.1 Å². The summed E-state index contributed by atoms with van der Waals surface area (Å²) in [5.74, 6) is 0. The first kappa shape index (κ1) is 14.0. The molecule has 2 aliphatic heterocycles. The van der Waals surface area contributed by atoms with E-state index < -0.39 is 0 Å². The topological polar surface area (TPSA) is 46.0 Å². The molecule has 0 spiro atoms. The van der Waals surface area contributed by atoms with Crippen molar-refractivity contribution in [1.29, 1.82) is 0 Å². The Balaban J connectivity index is 1.61. The van der Waals surface area contributed by atoms with Gasteiger partial charge in [0, 0.05) is 24.7 Å². The van der Waals surface area contributed by atoms with E-state index in [1.807, 2.05) is 4.68 Å². The van der Waals surface area contributed by atoms with Crippen LogP contribution in [0.4, 0.5) is 0 Å². The van der Waals surface area contributed by atoms with Gasteiger partial charge in [-0.1, -0.05) is 5.21 Å².